The molecule has 124 valence electrons. The quantitative estimate of drug-likeness (QED) is 0.674. The number of amides is 1. The van der Waals surface area contributed by atoms with Crippen molar-refractivity contribution in [3.8, 4) is 0 Å². The zero-order valence-corrected chi connectivity index (χ0v) is 14.2. The SMILES string of the molecule is CC(=O)Nc1ccc(CNCc2cc3c(C)cc(C)cc3[nH]2)cn1. The van der Waals surface area contributed by atoms with E-state index < -0.39 is 0 Å². The molecule has 5 nitrogen and oxygen atoms in total. The van der Waals surface area contributed by atoms with Crippen molar-refractivity contribution in [2.75, 3.05) is 5.32 Å². The van der Waals surface area contributed by atoms with Crippen LogP contribution in [0.15, 0.2) is 36.5 Å². The molecular weight excluding hydrogens is 300 g/mol. The van der Waals surface area contributed by atoms with E-state index in [1.54, 1.807) is 6.20 Å². The largest absolute Gasteiger partial charge is 0.357 e. The number of rotatable bonds is 5. The smallest absolute Gasteiger partial charge is 0.222 e. The molecule has 0 aliphatic heterocycles. The standard InChI is InChI=1S/C19H22N4O/c1-12-6-13(2)17-8-16(23-18(17)7-12)11-20-9-15-4-5-19(21-10-15)22-14(3)24/h4-8,10,20,23H,9,11H2,1-3H3,(H,21,22,24). The van der Waals surface area contributed by atoms with Crippen LogP contribution in [0.25, 0.3) is 10.9 Å². The number of H-pyrrole nitrogens is 1. The molecule has 0 radical (unpaired) electrons. The molecule has 0 unspecified atom stereocenters. The first-order valence-electron chi connectivity index (χ1n) is 8.03. The van der Waals surface area contributed by atoms with Crippen LogP contribution in [0.5, 0.6) is 0 Å². The van der Waals surface area contributed by atoms with Gasteiger partial charge in [-0.15, -0.1) is 0 Å². The number of carbonyl (C=O) groups is 1. The van der Waals surface area contributed by atoms with Crippen LogP contribution in [0.3, 0.4) is 0 Å². The molecule has 0 aliphatic rings. The maximum atomic E-state index is 11.0. The molecule has 0 aliphatic carbocycles. The Balaban J connectivity index is 1.60. The van der Waals surface area contributed by atoms with Gasteiger partial charge in [0.05, 0.1) is 0 Å². The van der Waals surface area contributed by atoms with E-state index >= 15 is 0 Å². The van der Waals surface area contributed by atoms with E-state index in [1.807, 2.05) is 12.1 Å². The van der Waals surface area contributed by atoms with E-state index in [0.29, 0.717) is 5.82 Å². The van der Waals surface area contributed by atoms with Gasteiger partial charge in [0.2, 0.25) is 5.91 Å². The van der Waals surface area contributed by atoms with Gasteiger partial charge in [-0.25, -0.2) is 4.98 Å². The molecule has 3 rings (SSSR count). The molecule has 0 saturated heterocycles. The zero-order chi connectivity index (χ0) is 17.1. The van der Waals surface area contributed by atoms with Crippen molar-refractivity contribution in [1.29, 1.82) is 0 Å². The van der Waals surface area contributed by atoms with Crippen LogP contribution in [0.4, 0.5) is 5.82 Å². The second-order valence-electron chi connectivity index (χ2n) is 6.17. The predicted molar refractivity (Wildman–Crippen MR) is 96.9 cm³/mol. The Morgan fingerprint density at radius 1 is 1.17 bits per heavy atom. The van der Waals surface area contributed by atoms with Gasteiger partial charge in [-0.1, -0.05) is 12.1 Å². The van der Waals surface area contributed by atoms with Crippen LogP contribution < -0.4 is 10.6 Å². The number of fused-ring (bicyclic) bond motifs is 1. The van der Waals surface area contributed by atoms with E-state index in [4.69, 9.17) is 0 Å². The Kier molecular flexibility index (Phi) is 4.62. The molecule has 0 fully saturated rings. The summed E-state index contributed by atoms with van der Waals surface area (Å²) in [6.45, 7) is 7.22. The number of nitrogens with zero attached hydrogens (tertiary/aromatic N) is 1. The number of aryl methyl sites for hydroxylation is 2. The molecule has 0 bridgehead atoms. The van der Waals surface area contributed by atoms with Gasteiger partial charge in [0.15, 0.2) is 0 Å². The summed E-state index contributed by atoms with van der Waals surface area (Å²) in [5, 5.41) is 7.35. The zero-order valence-electron chi connectivity index (χ0n) is 14.2. The Labute approximate surface area is 141 Å². The van der Waals surface area contributed by atoms with E-state index in [-0.39, 0.29) is 5.91 Å². The molecule has 0 atom stereocenters. The first-order valence-corrected chi connectivity index (χ1v) is 8.03. The summed E-state index contributed by atoms with van der Waals surface area (Å²) in [7, 11) is 0. The summed E-state index contributed by atoms with van der Waals surface area (Å²) in [5.74, 6) is 0.463. The molecule has 2 aromatic heterocycles. The topological polar surface area (TPSA) is 69.8 Å². The number of aromatic amines is 1. The lowest BCUT2D eigenvalue weighted by molar-refractivity contribution is -0.114. The summed E-state index contributed by atoms with van der Waals surface area (Å²) < 4.78 is 0. The first-order chi connectivity index (χ1) is 11.5. The van der Waals surface area contributed by atoms with Crippen molar-refractivity contribution >= 4 is 22.6 Å². The van der Waals surface area contributed by atoms with Gasteiger partial charge < -0.3 is 15.6 Å². The molecule has 24 heavy (non-hydrogen) atoms. The number of hydrogen-bond donors (Lipinski definition) is 3. The third-order valence-corrected chi connectivity index (χ3v) is 3.92. The summed E-state index contributed by atoms with van der Waals surface area (Å²) in [5.41, 5.74) is 6.00. The van der Waals surface area contributed by atoms with E-state index in [0.717, 1.165) is 18.7 Å². The highest BCUT2D eigenvalue weighted by Crippen LogP contribution is 2.21. The van der Waals surface area contributed by atoms with Gasteiger partial charge in [0.1, 0.15) is 5.82 Å². The Hall–Kier alpha value is -2.66. The molecule has 1 aromatic carbocycles. The fourth-order valence-corrected chi connectivity index (χ4v) is 2.88. The molecule has 0 spiro atoms. The molecule has 5 heteroatoms. The van der Waals surface area contributed by atoms with Crippen LogP contribution in [-0.4, -0.2) is 15.9 Å². The molecule has 0 saturated carbocycles. The summed E-state index contributed by atoms with van der Waals surface area (Å²) >= 11 is 0. The highest BCUT2D eigenvalue weighted by molar-refractivity contribution is 5.87. The van der Waals surface area contributed by atoms with Gasteiger partial charge in [-0.2, -0.15) is 0 Å². The van der Waals surface area contributed by atoms with Gasteiger partial charge in [0, 0.05) is 42.8 Å². The molecule has 1 amide bonds. The normalized spacial score (nSPS) is 11.0. The summed E-state index contributed by atoms with van der Waals surface area (Å²) in [6.07, 6.45) is 1.77. The maximum Gasteiger partial charge on any atom is 0.222 e. The maximum absolute atomic E-state index is 11.0. The Bertz CT molecular complexity index is 865. The molecular formula is C19H22N4O. The number of pyridine rings is 1. The molecule has 3 N–H and O–H groups in total. The number of hydrogen-bond acceptors (Lipinski definition) is 3. The summed E-state index contributed by atoms with van der Waals surface area (Å²) in [4.78, 5) is 18.7. The van der Waals surface area contributed by atoms with Gasteiger partial charge >= 0.3 is 0 Å². The monoisotopic (exact) mass is 322 g/mol. The van der Waals surface area contributed by atoms with E-state index in [2.05, 4.69) is 52.6 Å². The highest BCUT2D eigenvalue weighted by atomic mass is 16.1. The van der Waals surface area contributed by atoms with Crippen molar-refractivity contribution in [3.05, 3.63) is 58.9 Å². The third kappa shape index (κ3) is 3.81. The fraction of sp³-hybridized carbons (Fsp3) is 0.263. The van der Waals surface area contributed by atoms with Crippen molar-refractivity contribution in [2.45, 2.75) is 33.9 Å². The average Bonchev–Trinajstić information content (AvgIpc) is 2.91. The number of nitrogens with one attached hydrogen (secondary N) is 3. The second kappa shape index (κ2) is 6.84. The van der Waals surface area contributed by atoms with Crippen LogP contribution in [0.2, 0.25) is 0 Å². The third-order valence-electron chi connectivity index (χ3n) is 3.92. The van der Waals surface area contributed by atoms with Gasteiger partial charge in [-0.3, -0.25) is 4.79 Å². The number of benzene rings is 1. The lowest BCUT2D eigenvalue weighted by Crippen LogP contribution is -2.13. The number of anilines is 1. The minimum Gasteiger partial charge on any atom is -0.357 e. The summed E-state index contributed by atoms with van der Waals surface area (Å²) in [6, 6.07) is 10.4. The van der Waals surface area contributed by atoms with Crippen molar-refractivity contribution in [3.63, 3.8) is 0 Å². The van der Waals surface area contributed by atoms with Crippen LogP contribution in [-0.2, 0) is 17.9 Å². The lowest BCUT2D eigenvalue weighted by Gasteiger charge is -2.05. The number of carbonyl (C=O) groups excluding carboxylic acids is 1. The minimum absolute atomic E-state index is 0.113. The van der Waals surface area contributed by atoms with Gasteiger partial charge in [-0.05, 0) is 48.7 Å². The lowest BCUT2D eigenvalue weighted by atomic mass is 10.1. The van der Waals surface area contributed by atoms with Crippen molar-refractivity contribution in [1.82, 2.24) is 15.3 Å². The predicted octanol–water partition coefficient (Wildman–Crippen LogP) is 3.43. The van der Waals surface area contributed by atoms with Crippen LogP contribution in [0, 0.1) is 13.8 Å². The van der Waals surface area contributed by atoms with Crippen LogP contribution >= 0.6 is 0 Å². The fourth-order valence-electron chi connectivity index (χ4n) is 2.88. The molecule has 3 aromatic rings. The van der Waals surface area contributed by atoms with E-state index in [1.165, 1.54) is 34.6 Å². The van der Waals surface area contributed by atoms with Crippen molar-refractivity contribution in [2.24, 2.45) is 0 Å². The highest BCUT2D eigenvalue weighted by Gasteiger charge is 2.04. The minimum atomic E-state index is -0.113. The van der Waals surface area contributed by atoms with Crippen LogP contribution in [0.1, 0.15) is 29.3 Å². The number of aromatic nitrogens is 2. The average molecular weight is 322 g/mol. The second-order valence-corrected chi connectivity index (χ2v) is 6.17. The first kappa shape index (κ1) is 16.2. The Morgan fingerprint density at radius 3 is 2.71 bits per heavy atom. The van der Waals surface area contributed by atoms with E-state index in [9.17, 15) is 4.79 Å². The van der Waals surface area contributed by atoms with Gasteiger partial charge in [0.25, 0.3) is 0 Å². The Morgan fingerprint density at radius 2 is 2.00 bits per heavy atom. The molecule has 2 heterocycles. The van der Waals surface area contributed by atoms with Crippen molar-refractivity contribution < 1.29 is 4.79 Å².